The third-order valence-electron chi connectivity index (χ3n) is 4.93. The molecule has 0 amide bonds. The molecular weight excluding hydrogens is 392 g/mol. The van der Waals surface area contributed by atoms with Crippen molar-refractivity contribution in [3.05, 3.63) is 48.3 Å². The highest BCUT2D eigenvalue weighted by atomic mass is 35.5. The topological polar surface area (TPSA) is 65.7 Å². The minimum Gasteiger partial charge on any atom is -0.493 e. The Labute approximate surface area is 177 Å². The van der Waals surface area contributed by atoms with Gasteiger partial charge in [-0.3, -0.25) is 0 Å². The lowest BCUT2D eigenvalue weighted by Gasteiger charge is -2.19. The second-order valence-electron chi connectivity index (χ2n) is 6.84. The van der Waals surface area contributed by atoms with Crippen molar-refractivity contribution in [3.63, 3.8) is 0 Å². The van der Waals surface area contributed by atoms with Crippen LogP contribution in [-0.4, -0.2) is 41.6 Å². The third kappa shape index (κ3) is 4.95. The zero-order valence-corrected chi connectivity index (χ0v) is 18.1. The largest absolute Gasteiger partial charge is 0.493 e. The van der Waals surface area contributed by atoms with Crippen molar-refractivity contribution in [1.29, 1.82) is 0 Å². The standard InChI is InChI=1S/C22H28N2O4.ClH/c1-5-15(2)22-23-17-9-6-7-10-18(17)24(22)13-16(25)14-28-21-19(26-3)11-8-12-20(21)27-4;/h6-12,15-16,25H,5,13-14H2,1-4H3;1H. The molecule has 2 unspecified atom stereocenters. The van der Waals surface area contributed by atoms with E-state index in [-0.39, 0.29) is 19.0 Å². The Hall–Kier alpha value is -2.44. The van der Waals surface area contributed by atoms with E-state index in [1.54, 1.807) is 26.4 Å². The van der Waals surface area contributed by atoms with Gasteiger partial charge >= 0.3 is 0 Å². The number of aliphatic hydroxyl groups excluding tert-OH is 1. The van der Waals surface area contributed by atoms with Crippen LogP contribution in [-0.2, 0) is 6.54 Å². The highest BCUT2D eigenvalue weighted by Gasteiger charge is 2.19. The van der Waals surface area contributed by atoms with Crippen molar-refractivity contribution < 1.29 is 19.3 Å². The molecule has 1 N–H and O–H groups in total. The quantitative estimate of drug-likeness (QED) is 0.554. The molecule has 0 saturated heterocycles. The molecule has 0 aliphatic carbocycles. The van der Waals surface area contributed by atoms with Gasteiger partial charge < -0.3 is 23.9 Å². The molecule has 29 heavy (non-hydrogen) atoms. The Kier molecular flexibility index (Phi) is 8.17. The van der Waals surface area contributed by atoms with Gasteiger partial charge in [0.05, 0.1) is 31.8 Å². The molecule has 6 nitrogen and oxygen atoms in total. The summed E-state index contributed by atoms with van der Waals surface area (Å²) in [5.41, 5.74) is 1.96. The molecule has 7 heteroatoms. The van der Waals surface area contributed by atoms with Gasteiger partial charge in [0.25, 0.3) is 0 Å². The van der Waals surface area contributed by atoms with Crippen molar-refractivity contribution >= 4 is 23.4 Å². The zero-order valence-electron chi connectivity index (χ0n) is 17.3. The number of nitrogens with zero attached hydrogens (tertiary/aromatic N) is 2. The maximum absolute atomic E-state index is 10.7. The summed E-state index contributed by atoms with van der Waals surface area (Å²) in [7, 11) is 3.15. The van der Waals surface area contributed by atoms with E-state index in [0.29, 0.717) is 29.7 Å². The molecule has 2 aromatic carbocycles. The number of rotatable bonds is 9. The fourth-order valence-electron chi connectivity index (χ4n) is 3.25. The summed E-state index contributed by atoms with van der Waals surface area (Å²) in [5, 5.41) is 10.7. The molecule has 1 aromatic heterocycles. The van der Waals surface area contributed by atoms with Crippen LogP contribution in [0.25, 0.3) is 11.0 Å². The molecule has 0 saturated carbocycles. The van der Waals surface area contributed by atoms with Crippen molar-refractivity contribution in [1.82, 2.24) is 9.55 Å². The molecule has 158 valence electrons. The van der Waals surface area contributed by atoms with Gasteiger partial charge in [-0.05, 0) is 30.7 Å². The minimum atomic E-state index is -0.713. The first-order valence-corrected chi connectivity index (χ1v) is 9.56. The molecular formula is C22H29ClN2O4. The number of imidazole rings is 1. The second-order valence-corrected chi connectivity index (χ2v) is 6.84. The molecule has 2 atom stereocenters. The van der Waals surface area contributed by atoms with Crippen LogP contribution in [0.4, 0.5) is 0 Å². The molecule has 3 aromatic rings. The van der Waals surface area contributed by atoms with Crippen LogP contribution in [0.2, 0.25) is 0 Å². The van der Waals surface area contributed by atoms with Gasteiger partial charge in [-0.25, -0.2) is 4.98 Å². The number of fused-ring (bicyclic) bond motifs is 1. The predicted octanol–water partition coefficient (Wildman–Crippen LogP) is 4.43. The fourth-order valence-corrected chi connectivity index (χ4v) is 3.25. The van der Waals surface area contributed by atoms with Gasteiger partial charge in [-0.15, -0.1) is 12.4 Å². The van der Waals surface area contributed by atoms with Gasteiger partial charge in [-0.1, -0.05) is 32.0 Å². The van der Waals surface area contributed by atoms with Crippen LogP contribution < -0.4 is 14.2 Å². The van der Waals surface area contributed by atoms with Gasteiger partial charge in [0.1, 0.15) is 18.5 Å². The number of hydrogen-bond donors (Lipinski definition) is 1. The maximum atomic E-state index is 10.7. The number of methoxy groups -OCH3 is 2. The Morgan fingerprint density at radius 2 is 1.69 bits per heavy atom. The number of benzene rings is 2. The van der Waals surface area contributed by atoms with E-state index in [1.165, 1.54) is 0 Å². The highest BCUT2D eigenvalue weighted by molar-refractivity contribution is 5.85. The van der Waals surface area contributed by atoms with Crippen LogP contribution in [0.1, 0.15) is 32.0 Å². The summed E-state index contributed by atoms with van der Waals surface area (Å²) in [6.07, 6.45) is 0.268. The molecule has 0 bridgehead atoms. The molecule has 3 rings (SSSR count). The average molecular weight is 421 g/mol. The Bertz CT molecular complexity index is 906. The first-order valence-electron chi connectivity index (χ1n) is 9.56. The molecule has 1 heterocycles. The zero-order chi connectivity index (χ0) is 20.1. The highest BCUT2D eigenvalue weighted by Crippen LogP contribution is 2.36. The smallest absolute Gasteiger partial charge is 0.203 e. The molecule has 0 aliphatic heterocycles. The monoisotopic (exact) mass is 420 g/mol. The van der Waals surface area contributed by atoms with Crippen LogP contribution in [0.3, 0.4) is 0 Å². The van der Waals surface area contributed by atoms with Crippen molar-refractivity contribution in [2.45, 2.75) is 38.8 Å². The van der Waals surface area contributed by atoms with Crippen molar-refractivity contribution in [2.24, 2.45) is 0 Å². The lowest BCUT2D eigenvalue weighted by Crippen LogP contribution is -2.25. The summed E-state index contributed by atoms with van der Waals surface area (Å²) < 4.78 is 18.7. The minimum absolute atomic E-state index is 0. The van der Waals surface area contributed by atoms with Gasteiger partial charge in [0.2, 0.25) is 5.75 Å². The molecule has 0 spiro atoms. The normalized spacial score (nSPS) is 12.9. The van der Waals surface area contributed by atoms with Gasteiger partial charge in [0, 0.05) is 5.92 Å². The van der Waals surface area contributed by atoms with Crippen molar-refractivity contribution in [2.75, 3.05) is 20.8 Å². The molecule has 0 radical (unpaired) electrons. The molecule has 0 fully saturated rings. The Balaban J connectivity index is 0.00000300. The average Bonchev–Trinajstić information content (AvgIpc) is 3.09. The number of aliphatic hydroxyl groups is 1. The molecule has 0 aliphatic rings. The number of hydrogen-bond acceptors (Lipinski definition) is 5. The third-order valence-corrected chi connectivity index (χ3v) is 4.93. The van der Waals surface area contributed by atoms with E-state index in [1.807, 2.05) is 30.3 Å². The Morgan fingerprint density at radius 3 is 2.31 bits per heavy atom. The summed E-state index contributed by atoms with van der Waals surface area (Å²) >= 11 is 0. The van der Waals surface area contributed by atoms with E-state index in [9.17, 15) is 5.11 Å². The van der Waals surface area contributed by atoms with Crippen LogP contribution in [0, 0.1) is 0 Å². The van der Waals surface area contributed by atoms with Gasteiger partial charge in [-0.2, -0.15) is 0 Å². The van der Waals surface area contributed by atoms with Crippen LogP contribution in [0.5, 0.6) is 17.2 Å². The Morgan fingerprint density at radius 1 is 1.03 bits per heavy atom. The first kappa shape index (κ1) is 22.8. The summed E-state index contributed by atoms with van der Waals surface area (Å²) in [4.78, 5) is 4.78. The van der Waals surface area contributed by atoms with Crippen molar-refractivity contribution in [3.8, 4) is 17.2 Å². The summed E-state index contributed by atoms with van der Waals surface area (Å²) in [6.45, 7) is 4.81. The van der Waals surface area contributed by atoms with E-state index >= 15 is 0 Å². The fraction of sp³-hybridized carbons (Fsp3) is 0.409. The number of para-hydroxylation sites is 3. The van der Waals surface area contributed by atoms with Gasteiger partial charge in [0.15, 0.2) is 11.5 Å². The number of ether oxygens (including phenoxy) is 3. The predicted molar refractivity (Wildman–Crippen MR) is 117 cm³/mol. The summed E-state index contributed by atoms with van der Waals surface area (Å²) in [5.74, 6) is 2.91. The maximum Gasteiger partial charge on any atom is 0.203 e. The SMILES string of the molecule is CCC(C)c1nc2ccccc2n1CC(O)COc1c(OC)cccc1OC.Cl. The summed E-state index contributed by atoms with van der Waals surface area (Å²) in [6, 6.07) is 13.4. The first-order chi connectivity index (χ1) is 13.6. The number of aromatic nitrogens is 2. The van der Waals surface area contributed by atoms with E-state index in [0.717, 1.165) is 23.3 Å². The second kappa shape index (κ2) is 10.4. The lowest BCUT2D eigenvalue weighted by atomic mass is 10.1. The lowest BCUT2D eigenvalue weighted by molar-refractivity contribution is 0.0894. The van der Waals surface area contributed by atoms with E-state index in [4.69, 9.17) is 19.2 Å². The number of halogens is 1. The van der Waals surface area contributed by atoms with E-state index in [2.05, 4.69) is 18.4 Å². The van der Waals surface area contributed by atoms with Crippen LogP contribution >= 0.6 is 12.4 Å². The van der Waals surface area contributed by atoms with E-state index < -0.39 is 6.10 Å². The van der Waals surface area contributed by atoms with Crippen LogP contribution in [0.15, 0.2) is 42.5 Å².